The van der Waals surface area contributed by atoms with E-state index in [2.05, 4.69) is 107 Å². The molecule has 0 saturated carbocycles. The minimum absolute atomic E-state index is 0.00453. The molecule has 0 amide bonds. The van der Waals surface area contributed by atoms with Crippen molar-refractivity contribution in [3.63, 3.8) is 0 Å². The van der Waals surface area contributed by atoms with Crippen LogP contribution in [-0.2, 0) is 44.2 Å². The molecule has 56 heavy (non-hydrogen) atoms. The summed E-state index contributed by atoms with van der Waals surface area (Å²) in [5.41, 5.74) is 1.59. The molecular formula is C46H56O9Si. The molecule has 9 nitrogen and oxygen atoms in total. The largest absolute Gasteiger partial charge is 0.452 e. The molecule has 11 atom stereocenters. The molecule has 8 rings (SSSR count). The van der Waals surface area contributed by atoms with Gasteiger partial charge in [-0.2, -0.15) is 0 Å². The summed E-state index contributed by atoms with van der Waals surface area (Å²) in [5.74, 6) is -0.402. The Hall–Kier alpha value is -3.45. The second kappa shape index (κ2) is 16.8. The van der Waals surface area contributed by atoms with E-state index < -0.39 is 32.6 Å². The highest BCUT2D eigenvalue weighted by molar-refractivity contribution is 6.74. The fourth-order valence-corrected chi connectivity index (χ4v) is 9.10. The molecule has 0 bridgehead atoms. The third kappa shape index (κ3) is 8.68. The first kappa shape index (κ1) is 39.4. The normalized spacial score (nSPS) is 33.7. The molecule has 298 valence electrons. The molecular weight excluding hydrogens is 725 g/mol. The standard InChI is InChI=1S/C46H56O9Si/c1-46(2,3)56(4,5)50-29-41-35(55-45(47)32-15-7-6-8-16-32)20-13-19-34-36(52-41)23-24-37-39(51-34)27-40-43(54-37)44(42-38(53-40)18-11-12-25-48-42)49-28-30-21-22-31-14-9-10-17-33(31)26-30/h6-17,20-24,26,34-44H,18-19,25,27-29H2,1-5H3/b20-13-/t34-,35+,36+,37-,38+,39+,40-,41-,42+,43-,44-/m1/s1. The van der Waals surface area contributed by atoms with Gasteiger partial charge in [0.1, 0.15) is 42.7 Å². The highest BCUT2D eigenvalue weighted by Gasteiger charge is 2.53. The zero-order valence-electron chi connectivity index (χ0n) is 33.2. The predicted octanol–water partition coefficient (Wildman–Crippen LogP) is 8.28. The number of carbonyl (C=O) groups is 1. The van der Waals surface area contributed by atoms with E-state index >= 15 is 0 Å². The highest BCUT2D eigenvalue weighted by atomic mass is 28.4. The summed E-state index contributed by atoms with van der Waals surface area (Å²) in [6, 6.07) is 23.9. The van der Waals surface area contributed by atoms with E-state index in [1.54, 1.807) is 12.1 Å². The van der Waals surface area contributed by atoms with Crippen LogP contribution in [0.5, 0.6) is 0 Å². The highest BCUT2D eigenvalue weighted by Crippen LogP contribution is 2.41. The molecule has 2 saturated heterocycles. The lowest BCUT2D eigenvalue weighted by atomic mass is 9.87. The maximum absolute atomic E-state index is 13.3. The van der Waals surface area contributed by atoms with Crippen LogP contribution >= 0.6 is 0 Å². The fraction of sp³-hybridized carbons (Fsp3) is 0.500. The Morgan fingerprint density at radius 2 is 1.48 bits per heavy atom. The SMILES string of the molecule is CC(C)(C)[Si](C)(C)OC[C@H]1O[C@H]2C=C[C@H]3O[C@H]4[C@H](OCc5ccc6ccccc6c5)[C@H]5OCC=CC[C@@H]5O[C@@H]4C[C@@H]3O[C@@H]2C/C=C\[C@@H]1OC(=O)c1ccccc1. The lowest BCUT2D eigenvalue weighted by Gasteiger charge is -2.50. The minimum Gasteiger partial charge on any atom is -0.452 e. The number of ether oxygens (including phenoxy) is 7. The molecule has 3 aromatic rings. The first-order valence-electron chi connectivity index (χ1n) is 20.3. The molecule has 0 unspecified atom stereocenters. The Morgan fingerprint density at radius 3 is 2.29 bits per heavy atom. The van der Waals surface area contributed by atoms with Crippen molar-refractivity contribution in [1.82, 2.24) is 0 Å². The molecule has 0 aliphatic carbocycles. The van der Waals surface area contributed by atoms with Gasteiger partial charge in [0, 0.05) is 6.42 Å². The topological polar surface area (TPSA) is 90.9 Å². The number of esters is 1. The molecule has 0 N–H and O–H groups in total. The average Bonchev–Trinajstić information content (AvgIpc) is 3.52. The van der Waals surface area contributed by atoms with E-state index in [1.165, 1.54) is 10.8 Å². The van der Waals surface area contributed by atoms with Crippen molar-refractivity contribution in [1.29, 1.82) is 0 Å². The van der Waals surface area contributed by atoms with Crippen LogP contribution in [0.25, 0.3) is 10.8 Å². The van der Waals surface area contributed by atoms with Gasteiger partial charge in [-0.15, -0.1) is 0 Å². The van der Waals surface area contributed by atoms with E-state index in [1.807, 2.05) is 24.3 Å². The van der Waals surface area contributed by atoms with Crippen LogP contribution < -0.4 is 0 Å². The van der Waals surface area contributed by atoms with Gasteiger partial charge in [-0.05, 0) is 71.6 Å². The summed E-state index contributed by atoms with van der Waals surface area (Å²) >= 11 is 0. The summed E-state index contributed by atoms with van der Waals surface area (Å²) in [4.78, 5) is 13.3. The van der Waals surface area contributed by atoms with Gasteiger partial charge in [-0.25, -0.2) is 4.79 Å². The van der Waals surface area contributed by atoms with Crippen molar-refractivity contribution in [2.45, 2.75) is 132 Å². The van der Waals surface area contributed by atoms with E-state index in [9.17, 15) is 4.79 Å². The van der Waals surface area contributed by atoms with Crippen LogP contribution in [0.1, 0.15) is 56.0 Å². The Labute approximate surface area is 332 Å². The number of hydrogen-bond acceptors (Lipinski definition) is 9. The molecule has 2 fully saturated rings. The first-order chi connectivity index (χ1) is 27.0. The van der Waals surface area contributed by atoms with Crippen LogP contribution in [0.4, 0.5) is 0 Å². The van der Waals surface area contributed by atoms with E-state index in [0.717, 1.165) is 12.0 Å². The molecule has 5 aliphatic rings. The number of rotatable bonds is 8. The van der Waals surface area contributed by atoms with Gasteiger partial charge in [-0.1, -0.05) is 106 Å². The van der Waals surface area contributed by atoms with Crippen molar-refractivity contribution in [3.05, 3.63) is 120 Å². The summed E-state index contributed by atoms with van der Waals surface area (Å²) < 4.78 is 53.6. The van der Waals surface area contributed by atoms with Crippen LogP contribution in [-0.4, -0.2) is 94.6 Å². The molecule has 0 spiro atoms. The summed E-state index contributed by atoms with van der Waals surface area (Å²) in [5, 5.41) is 2.38. The van der Waals surface area contributed by atoms with Gasteiger partial charge in [0.2, 0.25) is 0 Å². The van der Waals surface area contributed by atoms with E-state index in [4.69, 9.17) is 37.6 Å². The number of hydrogen-bond donors (Lipinski definition) is 0. The molecule has 3 aromatic carbocycles. The predicted molar refractivity (Wildman–Crippen MR) is 217 cm³/mol. The summed E-state index contributed by atoms with van der Waals surface area (Å²) in [6.45, 7) is 12.3. The number of carbonyl (C=O) groups excluding carboxylic acids is 1. The van der Waals surface area contributed by atoms with Crippen LogP contribution in [0, 0.1) is 0 Å². The molecule has 0 radical (unpaired) electrons. The van der Waals surface area contributed by atoms with Crippen molar-refractivity contribution in [2.24, 2.45) is 0 Å². The van der Waals surface area contributed by atoms with Gasteiger partial charge in [0.05, 0.1) is 49.8 Å². The summed E-state index contributed by atoms with van der Waals surface area (Å²) in [6.07, 6.45) is 10.4. The van der Waals surface area contributed by atoms with Gasteiger partial charge in [0.25, 0.3) is 0 Å². The second-order valence-electron chi connectivity index (χ2n) is 17.2. The average molecular weight is 781 g/mol. The van der Waals surface area contributed by atoms with Gasteiger partial charge >= 0.3 is 5.97 Å². The third-order valence-electron chi connectivity index (χ3n) is 12.3. The Balaban J connectivity index is 1.02. The number of benzene rings is 3. The molecule has 10 heteroatoms. The van der Waals surface area contributed by atoms with Crippen molar-refractivity contribution >= 4 is 25.1 Å². The maximum atomic E-state index is 13.3. The van der Waals surface area contributed by atoms with Gasteiger partial charge < -0.3 is 37.6 Å². The van der Waals surface area contributed by atoms with Crippen molar-refractivity contribution < 1.29 is 42.4 Å². The summed E-state index contributed by atoms with van der Waals surface area (Å²) in [7, 11) is -2.17. The Morgan fingerprint density at radius 1 is 0.750 bits per heavy atom. The Kier molecular flexibility index (Phi) is 11.8. The maximum Gasteiger partial charge on any atom is 0.338 e. The lowest BCUT2D eigenvalue weighted by Crippen LogP contribution is -2.64. The first-order valence-corrected chi connectivity index (χ1v) is 23.2. The third-order valence-corrected chi connectivity index (χ3v) is 16.8. The number of fused-ring (bicyclic) bond motifs is 5. The van der Waals surface area contributed by atoms with Gasteiger partial charge in [-0.3, -0.25) is 0 Å². The van der Waals surface area contributed by atoms with Crippen molar-refractivity contribution in [2.75, 3.05) is 13.2 Å². The van der Waals surface area contributed by atoms with E-state index in [0.29, 0.717) is 31.6 Å². The monoisotopic (exact) mass is 780 g/mol. The fourth-order valence-electron chi connectivity index (χ4n) is 8.09. The van der Waals surface area contributed by atoms with Crippen molar-refractivity contribution in [3.8, 4) is 0 Å². The van der Waals surface area contributed by atoms with Crippen LogP contribution in [0.3, 0.4) is 0 Å². The lowest BCUT2D eigenvalue weighted by molar-refractivity contribution is -0.295. The second-order valence-corrected chi connectivity index (χ2v) is 22.0. The smallest absolute Gasteiger partial charge is 0.338 e. The molecule has 5 aliphatic heterocycles. The van der Waals surface area contributed by atoms with Crippen LogP contribution in [0.15, 0.2) is 109 Å². The van der Waals surface area contributed by atoms with Crippen LogP contribution in [0.2, 0.25) is 18.1 Å². The van der Waals surface area contributed by atoms with Gasteiger partial charge in [0.15, 0.2) is 8.32 Å². The zero-order valence-corrected chi connectivity index (χ0v) is 34.2. The molecule has 5 heterocycles. The molecule has 0 aromatic heterocycles. The Bertz CT molecular complexity index is 1900. The zero-order chi connectivity index (χ0) is 38.9. The minimum atomic E-state index is -2.17. The quantitative estimate of drug-likeness (QED) is 0.127. The van der Waals surface area contributed by atoms with E-state index in [-0.39, 0.29) is 60.5 Å².